The third-order valence-electron chi connectivity index (χ3n) is 17.0. The molecule has 0 aromatic heterocycles. The van der Waals surface area contributed by atoms with Crippen LogP contribution in [0, 0.1) is 29.6 Å². The number of carboxylic acid groups (broad SMARTS) is 4. The molecule has 0 aromatic rings. The van der Waals surface area contributed by atoms with Gasteiger partial charge in [0, 0.05) is 25.9 Å². The average molecular weight is 1520 g/mol. The van der Waals surface area contributed by atoms with Crippen LogP contribution in [-0.4, -0.2) is 253 Å². The smallest absolute Gasteiger partial charge is 0.328 e. The minimum absolute atomic E-state index is 0.0243. The molecular weight excluding hydrogens is 1400 g/mol. The zero-order valence-electron chi connectivity index (χ0n) is 61.7. The molecule has 0 unspecified atom stereocenters. The molecule has 42 nitrogen and oxygen atoms in total. The van der Waals surface area contributed by atoms with Crippen molar-refractivity contribution in [2.45, 2.75) is 238 Å². The van der Waals surface area contributed by atoms with E-state index in [1.54, 1.807) is 41.5 Å². The third kappa shape index (κ3) is 35.1. The van der Waals surface area contributed by atoms with E-state index in [2.05, 4.69) is 68.5 Å². The van der Waals surface area contributed by atoms with Gasteiger partial charge in [0.15, 0.2) is 11.9 Å². The summed E-state index contributed by atoms with van der Waals surface area (Å²) in [6.07, 6.45) is -5.05. The van der Waals surface area contributed by atoms with E-state index in [-0.39, 0.29) is 57.1 Å². The molecule has 29 N–H and O–H groups in total. The van der Waals surface area contributed by atoms with Crippen molar-refractivity contribution in [2.24, 2.45) is 68.2 Å². The molecule has 0 saturated carbocycles. The van der Waals surface area contributed by atoms with Crippen molar-refractivity contribution in [1.29, 1.82) is 0 Å². The zero-order valence-corrected chi connectivity index (χ0v) is 61.7. The van der Waals surface area contributed by atoms with Crippen LogP contribution in [0.2, 0.25) is 0 Å². The zero-order chi connectivity index (χ0) is 81.6. The summed E-state index contributed by atoms with van der Waals surface area (Å²) in [4.78, 5) is 222. The first-order chi connectivity index (χ1) is 49.4. The largest absolute Gasteiger partial charge is 0.481 e. The second-order valence-corrected chi connectivity index (χ2v) is 26.3. The van der Waals surface area contributed by atoms with Crippen LogP contribution in [0.3, 0.4) is 0 Å². The van der Waals surface area contributed by atoms with Crippen LogP contribution in [0.25, 0.3) is 0 Å². The fourth-order valence-corrected chi connectivity index (χ4v) is 9.94. The number of carbonyl (C=O) groups excluding carboxylic acids is 12. The Hall–Kier alpha value is -10.1. The standard InChI is InChI=1S/C64H113N19O23/c1-12-30(8)46(58(101)74-35(18-16-24-71-64(68)69)51(94)75-38(25-43(91)92)54(97)77-40(27-85)62(105)106)82-60(103)48(32(10)14-3)81-56(99)44(28(4)5)78-53(96)37(20-22-42(89)90)72-52(95)36(19-21-41(87)88)73-55(98)39(26-84)76-61(104)49(33(11)86)83-57(100)45(29(6)7)79-59(102)47(31(9)13-2)80-50(93)34(65)17-15-23-70-63(66)67/h28-40,44-49,84-86H,12-27,65H2,1-11H3,(H,72,95)(H,73,98)(H,74,101)(H,75,94)(H,76,104)(H,77,97)(H,78,96)(H,79,102)(H,80,93)(H,81,99)(H,82,103)(H,83,100)(H,87,88)(H,89,90)(H,91,92)(H,105,106)(H4,66,67,70)(H4,68,69,71)/t30-,31-,32-,33+,34-,35-,36-,37-,38-,39-,40-,44-,45-,46-,47-,48-,49-/m0/s1. The summed E-state index contributed by atoms with van der Waals surface area (Å²) in [5, 5.41) is 97.2. The van der Waals surface area contributed by atoms with Crippen LogP contribution in [0.5, 0.6) is 0 Å². The number of aliphatic hydroxyl groups excluding tert-OH is 3. The molecule has 42 heteroatoms. The van der Waals surface area contributed by atoms with Crippen LogP contribution in [0.4, 0.5) is 0 Å². The highest BCUT2D eigenvalue weighted by atomic mass is 16.4. The second-order valence-electron chi connectivity index (χ2n) is 26.3. The Morgan fingerprint density at radius 2 is 0.623 bits per heavy atom. The molecule has 0 saturated heterocycles. The summed E-state index contributed by atoms with van der Waals surface area (Å²) in [5.74, 6) is -23.6. The van der Waals surface area contributed by atoms with Gasteiger partial charge in [-0.25, -0.2) is 4.79 Å². The normalized spacial score (nSPS) is 16.0. The van der Waals surface area contributed by atoms with Gasteiger partial charge in [-0.05, 0) is 75.0 Å². The van der Waals surface area contributed by atoms with Gasteiger partial charge in [0.05, 0.1) is 31.8 Å². The summed E-state index contributed by atoms with van der Waals surface area (Å²) in [6.45, 7) is 14.6. The molecule has 0 heterocycles. The van der Waals surface area contributed by atoms with Gasteiger partial charge in [-0.2, -0.15) is 0 Å². The predicted molar refractivity (Wildman–Crippen MR) is 378 cm³/mol. The quantitative estimate of drug-likeness (QED) is 0.0153. The molecule has 602 valence electrons. The van der Waals surface area contributed by atoms with Crippen molar-refractivity contribution < 1.29 is 112 Å². The number of amides is 12. The van der Waals surface area contributed by atoms with E-state index in [1.165, 1.54) is 27.7 Å². The van der Waals surface area contributed by atoms with Crippen LogP contribution < -0.4 is 92.5 Å². The monoisotopic (exact) mass is 1520 g/mol. The number of carboxylic acids is 4. The highest BCUT2D eigenvalue weighted by Crippen LogP contribution is 2.17. The van der Waals surface area contributed by atoms with Gasteiger partial charge >= 0.3 is 23.9 Å². The summed E-state index contributed by atoms with van der Waals surface area (Å²) in [7, 11) is 0. The highest BCUT2D eigenvalue weighted by Gasteiger charge is 2.41. The van der Waals surface area contributed by atoms with Crippen molar-refractivity contribution in [3.8, 4) is 0 Å². The molecular formula is C64H113N19O23. The van der Waals surface area contributed by atoms with E-state index in [0.29, 0.717) is 12.8 Å². The van der Waals surface area contributed by atoms with Gasteiger partial charge in [-0.3, -0.25) is 81.9 Å². The Kier molecular flexibility index (Phi) is 44.2. The van der Waals surface area contributed by atoms with E-state index in [0.717, 1.165) is 6.92 Å². The number of rotatable bonds is 52. The lowest BCUT2D eigenvalue weighted by Crippen LogP contribution is -2.63. The van der Waals surface area contributed by atoms with Gasteiger partial charge in [0.2, 0.25) is 70.9 Å². The fraction of sp³-hybridized carbons (Fsp3) is 0.719. The summed E-state index contributed by atoms with van der Waals surface area (Å²) in [6, 6.07) is -21.6. The maximum Gasteiger partial charge on any atom is 0.328 e. The third-order valence-corrected chi connectivity index (χ3v) is 17.0. The molecule has 0 spiro atoms. The Labute approximate surface area is 613 Å². The Bertz CT molecular complexity index is 3060. The number of aliphatic carboxylic acids is 4. The van der Waals surface area contributed by atoms with E-state index in [1.807, 2.05) is 5.32 Å². The number of nitrogens with two attached hydrogens (primary N) is 5. The number of guanidine groups is 2. The Morgan fingerprint density at radius 3 is 0.981 bits per heavy atom. The SMILES string of the molecule is CC[C@H](C)[C@H](NC(=O)[C@@H](NC(=O)[C@H](CCC(=O)O)NC(=O)[C@H](CCC(=O)O)NC(=O)[C@H](CO)NC(=O)[C@@H](NC(=O)[C@@H](NC(=O)[C@@H](NC(=O)[C@@H](N)CCCN=C(N)N)[C@@H](C)CC)C(C)C)[C@@H](C)O)C(C)C)C(=O)N[C@H](C(=O)N[C@@H](CCCN=C(N)N)C(=O)N[C@@H](CC(=O)O)C(=O)N[C@@H](CO)C(=O)O)[C@@H](C)CC. The first-order valence-electron chi connectivity index (χ1n) is 34.7. The number of carbonyl (C=O) groups is 16. The van der Waals surface area contributed by atoms with Crippen molar-refractivity contribution in [2.75, 3.05) is 26.3 Å². The van der Waals surface area contributed by atoms with Gasteiger partial charge in [0.1, 0.15) is 72.5 Å². The molecule has 106 heavy (non-hydrogen) atoms. The summed E-state index contributed by atoms with van der Waals surface area (Å²) >= 11 is 0. The lowest BCUT2D eigenvalue weighted by Gasteiger charge is -2.32. The average Bonchev–Trinajstić information content (AvgIpc) is 0.850. The number of nitrogens with zero attached hydrogens (tertiary/aromatic N) is 2. The van der Waals surface area contributed by atoms with E-state index in [9.17, 15) is 112 Å². The molecule has 0 bridgehead atoms. The Morgan fingerprint density at radius 1 is 0.340 bits per heavy atom. The van der Waals surface area contributed by atoms with Gasteiger partial charge in [-0.15, -0.1) is 0 Å². The molecule has 0 rings (SSSR count). The number of hydrogen-bond donors (Lipinski definition) is 24. The highest BCUT2D eigenvalue weighted by molar-refractivity contribution is 6.00. The van der Waals surface area contributed by atoms with Gasteiger partial charge in [-0.1, -0.05) is 88.5 Å². The minimum Gasteiger partial charge on any atom is -0.481 e. The van der Waals surface area contributed by atoms with E-state index >= 15 is 0 Å². The maximum absolute atomic E-state index is 14.5. The number of aliphatic hydroxyl groups is 3. The lowest BCUT2D eigenvalue weighted by atomic mass is 9.93. The summed E-state index contributed by atoms with van der Waals surface area (Å²) in [5.41, 5.74) is 27.7. The fourth-order valence-electron chi connectivity index (χ4n) is 9.94. The molecule has 17 atom stereocenters. The van der Waals surface area contributed by atoms with E-state index < -0.39 is 254 Å². The molecule has 0 fully saturated rings. The molecule has 12 amide bonds. The van der Waals surface area contributed by atoms with Crippen LogP contribution >= 0.6 is 0 Å². The number of hydrogen-bond acceptors (Lipinski definition) is 22. The minimum atomic E-state index is -2.03. The number of aliphatic imine (C=N–C) groups is 2. The second kappa shape index (κ2) is 48.8. The van der Waals surface area contributed by atoms with Crippen LogP contribution in [0.15, 0.2) is 9.98 Å². The predicted octanol–water partition coefficient (Wildman–Crippen LogP) is -7.66. The first kappa shape index (κ1) is 95.9. The molecule has 0 aliphatic carbocycles. The van der Waals surface area contributed by atoms with Crippen molar-refractivity contribution in [3.05, 3.63) is 0 Å². The van der Waals surface area contributed by atoms with E-state index in [4.69, 9.17) is 28.7 Å². The maximum atomic E-state index is 14.5. The molecule has 0 aromatic carbocycles. The summed E-state index contributed by atoms with van der Waals surface area (Å²) < 4.78 is 0. The Balaban J connectivity index is 7.01. The van der Waals surface area contributed by atoms with Crippen LogP contribution in [0.1, 0.15) is 153 Å². The van der Waals surface area contributed by atoms with Gasteiger partial charge < -0.3 is 128 Å². The molecule has 0 radical (unpaired) electrons. The van der Waals surface area contributed by atoms with Crippen molar-refractivity contribution in [3.63, 3.8) is 0 Å². The molecule has 0 aliphatic rings. The first-order valence-corrected chi connectivity index (χ1v) is 34.7. The van der Waals surface area contributed by atoms with Crippen molar-refractivity contribution in [1.82, 2.24) is 63.8 Å². The molecule has 0 aliphatic heterocycles. The topological polar surface area (TPSA) is 714 Å². The van der Waals surface area contributed by atoms with Crippen LogP contribution in [-0.2, 0) is 76.7 Å². The number of nitrogens with one attached hydrogen (secondary N) is 12. The van der Waals surface area contributed by atoms with Gasteiger partial charge in [0.25, 0.3) is 0 Å². The van der Waals surface area contributed by atoms with Crippen molar-refractivity contribution >= 4 is 107 Å². The lowest BCUT2D eigenvalue weighted by molar-refractivity contribution is -0.144.